The predicted octanol–water partition coefficient (Wildman–Crippen LogP) is 6.83. The highest BCUT2D eigenvalue weighted by molar-refractivity contribution is 6.11. The number of benzene rings is 2. The first kappa shape index (κ1) is 17.5. The van der Waals surface area contributed by atoms with Crippen molar-refractivity contribution in [2.75, 3.05) is 0 Å². The summed E-state index contributed by atoms with van der Waals surface area (Å²) in [5.74, 6) is 0. The Balaban J connectivity index is 1.83. The average Bonchev–Trinajstić information content (AvgIpc) is 3.10. The van der Waals surface area contributed by atoms with Gasteiger partial charge in [-0.25, -0.2) is 9.55 Å². The van der Waals surface area contributed by atoms with Crippen LogP contribution in [0.5, 0.6) is 0 Å². The monoisotopic (exact) mass is 411 g/mol. The van der Waals surface area contributed by atoms with E-state index in [4.69, 9.17) is 7.16 Å². The van der Waals surface area contributed by atoms with Crippen LogP contribution in [0.15, 0.2) is 59.1 Å². The summed E-state index contributed by atoms with van der Waals surface area (Å²) >= 11 is 0. The molecule has 3 heterocycles. The van der Waals surface area contributed by atoms with Crippen LogP contribution in [0, 0.1) is 19.3 Å². The topological polar surface area (TPSA) is 29.9 Å². The number of nitrogens with zero attached hydrogens (tertiary/aromatic N) is 2. The van der Waals surface area contributed by atoms with Gasteiger partial charge in [0.05, 0.1) is 10.9 Å². The zero-order chi connectivity index (χ0) is 23.7. The van der Waals surface area contributed by atoms with Gasteiger partial charge in [-0.3, -0.25) is 0 Å². The van der Waals surface area contributed by atoms with Crippen molar-refractivity contribution in [1.82, 2.24) is 4.98 Å². The Hall–Kier alpha value is -3.20. The second-order valence-electron chi connectivity index (χ2n) is 9.49. The van der Waals surface area contributed by atoms with E-state index in [-0.39, 0.29) is 0 Å². The molecule has 0 fully saturated rings. The molecule has 0 atom stereocenters. The van der Waals surface area contributed by atoms with Gasteiger partial charge in [0, 0.05) is 25.3 Å². The van der Waals surface area contributed by atoms with Crippen LogP contribution in [0.3, 0.4) is 0 Å². The van der Waals surface area contributed by atoms with Crippen molar-refractivity contribution in [3.05, 3.63) is 71.5 Å². The molecule has 0 saturated carbocycles. The molecular formula is C28H29N2O+. The number of aryl methyl sites for hydroxylation is 3. The Kier molecular flexibility index (Phi) is 3.90. The lowest BCUT2D eigenvalue weighted by atomic mass is 9.87. The third-order valence-corrected chi connectivity index (χ3v) is 5.75. The SMILES string of the molecule is [2H]C([2H])(c1ccc2c(-c3c(C)ccc4c3oc3nc(C)ccc34)[n+](C)ccc2c1)C(C)(C)C. The molecule has 0 aliphatic rings. The molecule has 5 rings (SSSR count). The van der Waals surface area contributed by atoms with Gasteiger partial charge in [-0.2, -0.15) is 0 Å². The zero-order valence-electron chi connectivity index (χ0n) is 21.0. The van der Waals surface area contributed by atoms with Crippen molar-refractivity contribution in [1.29, 1.82) is 0 Å². The van der Waals surface area contributed by atoms with Gasteiger partial charge in [0.1, 0.15) is 7.05 Å². The Morgan fingerprint density at radius 3 is 2.48 bits per heavy atom. The van der Waals surface area contributed by atoms with E-state index in [2.05, 4.69) is 40.7 Å². The molecule has 3 aromatic heterocycles. The third kappa shape index (κ3) is 3.38. The van der Waals surface area contributed by atoms with Crippen molar-refractivity contribution in [3.8, 4) is 11.3 Å². The van der Waals surface area contributed by atoms with Crippen LogP contribution in [0.1, 0.15) is 40.3 Å². The van der Waals surface area contributed by atoms with E-state index in [1.165, 1.54) is 0 Å². The molecule has 0 aliphatic carbocycles. The molecule has 0 saturated heterocycles. The number of rotatable bonds is 2. The smallest absolute Gasteiger partial charge is 0.227 e. The molecule has 2 aromatic carbocycles. The van der Waals surface area contributed by atoms with Gasteiger partial charge in [-0.1, -0.05) is 45.0 Å². The first-order chi connectivity index (χ1) is 15.5. The maximum atomic E-state index is 8.71. The summed E-state index contributed by atoms with van der Waals surface area (Å²) in [4.78, 5) is 4.61. The fourth-order valence-electron chi connectivity index (χ4n) is 4.40. The maximum absolute atomic E-state index is 8.71. The van der Waals surface area contributed by atoms with E-state index in [1.54, 1.807) is 0 Å². The van der Waals surface area contributed by atoms with Gasteiger partial charge < -0.3 is 4.42 Å². The number of hydrogen-bond donors (Lipinski definition) is 0. The van der Waals surface area contributed by atoms with Crippen molar-refractivity contribution >= 4 is 32.8 Å². The minimum absolute atomic E-state index is 0.509. The summed E-state index contributed by atoms with van der Waals surface area (Å²) in [6.07, 6.45) is 0.592. The van der Waals surface area contributed by atoms with Gasteiger partial charge in [0.25, 0.3) is 0 Å². The predicted molar refractivity (Wildman–Crippen MR) is 128 cm³/mol. The minimum Gasteiger partial charge on any atom is -0.437 e. The number of furan rings is 1. The molecule has 0 bridgehead atoms. The highest BCUT2D eigenvalue weighted by Gasteiger charge is 2.24. The van der Waals surface area contributed by atoms with Gasteiger partial charge >= 0.3 is 0 Å². The van der Waals surface area contributed by atoms with Gasteiger partial charge in [-0.05, 0) is 60.3 Å². The molecule has 3 nitrogen and oxygen atoms in total. The largest absolute Gasteiger partial charge is 0.437 e. The quantitative estimate of drug-likeness (QED) is 0.298. The summed E-state index contributed by atoms with van der Waals surface area (Å²) in [6.45, 7) is 9.89. The summed E-state index contributed by atoms with van der Waals surface area (Å²) < 4.78 is 25.9. The van der Waals surface area contributed by atoms with E-state index in [9.17, 15) is 0 Å². The maximum Gasteiger partial charge on any atom is 0.227 e. The molecule has 5 aromatic rings. The number of fused-ring (bicyclic) bond motifs is 4. The number of aromatic nitrogens is 2. The van der Waals surface area contributed by atoms with E-state index in [0.717, 1.165) is 49.6 Å². The molecule has 0 radical (unpaired) electrons. The molecule has 0 unspecified atom stereocenters. The molecule has 0 N–H and O–H groups in total. The molecule has 31 heavy (non-hydrogen) atoms. The van der Waals surface area contributed by atoms with E-state index < -0.39 is 11.8 Å². The Morgan fingerprint density at radius 1 is 0.968 bits per heavy atom. The highest BCUT2D eigenvalue weighted by Crippen LogP contribution is 2.38. The highest BCUT2D eigenvalue weighted by atomic mass is 16.3. The lowest BCUT2D eigenvalue weighted by Gasteiger charge is -2.18. The second-order valence-corrected chi connectivity index (χ2v) is 9.49. The number of hydrogen-bond acceptors (Lipinski definition) is 2. The summed E-state index contributed by atoms with van der Waals surface area (Å²) in [5.41, 5.74) is 5.81. The minimum atomic E-state index is -1.45. The Labute approximate surface area is 186 Å². The molecule has 0 spiro atoms. The van der Waals surface area contributed by atoms with Crippen molar-refractivity contribution < 1.29 is 11.7 Å². The van der Waals surface area contributed by atoms with E-state index >= 15 is 0 Å². The molecule has 0 aliphatic heterocycles. The summed E-state index contributed by atoms with van der Waals surface area (Å²) in [6, 6.07) is 16.4. The normalized spacial score (nSPS) is 13.7. The van der Waals surface area contributed by atoms with Crippen molar-refractivity contribution in [2.24, 2.45) is 12.5 Å². The van der Waals surface area contributed by atoms with Crippen LogP contribution in [0.25, 0.3) is 44.1 Å². The van der Waals surface area contributed by atoms with Crippen molar-refractivity contribution in [2.45, 2.75) is 41.0 Å². The first-order valence-corrected chi connectivity index (χ1v) is 10.7. The second kappa shape index (κ2) is 6.91. The lowest BCUT2D eigenvalue weighted by molar-refractivity contribution is -0.659. The molecule has 3 heteroatoms. The summed E-state index contributed by atoms with van der Waals surface area (Å²) in [5, 5.41) is 4.14. The Bertz CT molecular complexity index is 1560. The van der Waals surface area contributed by atoms with Gasteiger partial charge in [-0.15, -0.1) is 0 Å². The molecule has 156 valence electrons. The lowest BCUT2D eigenvalue weighted by Crippen LogP contribution is -2.30. The first-order valence-electron chi connectivity index (χ1n) is 11.7. The van der Waals surface area contributed by atoms with Crippen molar-refractivity contribution in [3.63, 3.8) is 0 Å². The fourth-order valence-corrected chi connectivity index (χ4v) is 4.40. The fraction of sp³-hybridized carbons (Fsp3) is 0.286. The summed E-state index contributed by atoms with van der Waals surface area (Å²) in [7, 11) is 2.04. The zero-order valence-corrected chi connectivity index (χ0v) is 19.0. The van der Waals surface area contributed by atoms with Crippen LogP contribution >= 0.6 is 0 Å². The van der Waals surface area contributed by atoms with Crippen LogP contribution in [0.4, 0.5) is 0 Å². The molecule has 0 amide bonds. The third-order valence-electron chi connectivity index (χ3n) is 5.75. The van der Waals surface area contributed by atoms with Crippen LogP contribution in [0.2, 0.25) is 0 Å². The standard InChI is InChI=1S/C28H29N2O/c1-17-7-10-22-23-11-8-18(2)29-27(23)31-26(22)24(17)25-21-12-9-19(16-28(3,4)5)15-20(21)13-14-30(25)6/h7-15H,16H2,1-6H3/q+1/i16D2. The van der Waals surface area contributed by atoms with Gasteiger partial charge in [0.2, 0.25) is 11.4 Å². The Morgan fingerprint density at radius 2 is 1.71 bits per heavy atom. The average molecular weight is 412 g/mol. The van der Waals surface area contributed by atoms with Crippen LogP contribution in [-0.2, 0) is 13.4 Å². The van der Waals surface area contributed by atoms with Crippen LogP contribution in [-0.4, -0.2) is 4.98 Å². The number of pyridine rings is 2. The molecular weight excluding hydrogens is 380 g/mol. The van der Waals surface area contributed by atoms with Gasteiger partial charge in [0.15, 0.2) is 11.8 Å². The van der Waals surface area contributed by atoms with Crippen LogP contribution < -0.4 is 4.57 Å². The van der Waals surface area contributed by atoms with E-state index in [1.807, 2.05) is 65.2 Å². The van der Waals surface area contributed by atoms with E-state index in [0.29, 0.717) is 11.3 Å².